The Bertz CT molecular complexity index is 604. The van der Waals surface area contributed by atoms with Gasteiger partial charge in [0.1, 0.15) is 5.82 Å². The van der Waals surface area contributed by atoms with E-state index in [0.29, 0.717) is 43.5 Å². The van der Waals surface area contributed by atoms with Crippen molar-refractivity contribution in [2.24, 2.45) is 5.73 Å². The van der Waals surface area contributed by atoms with Gasteiger partial charge in [-0.3, -0.25) is 4.79 Å². The highest BCUT2D eigenvalue weighted by Crippen LogP contribution is 2.27. The molecule has 0 spiro atoms. The molecule has 2 fully saturated rings. The van der Waals surface area contributed by atoms with Crippen LogP contribution in [0.4, 0.5) is 20.5 Å². The largest absolute Gasteiger partial charge is 0.367 e. The first-order valence-electron chi connectivity index (χ1n) is 8.65. The maximum atomic E-state index is 12.2. The second kappa shape index (κ2) is 7.90. The van der Waals surface area contributed by atoms with E-state index in [-0.39, 0.29) is 11.6 Å². The van der Waals surface area contributed by atoms with Gasteiger partial charge in [-0.15, -0.1) is 0 Å². The summed E-state index contributed by atoms with van der Waals surface area (Å²) >= 11 is 0. The van der Waals surface area contributed by atoms with Crippen LogP contribution in [0.1, 0.15) is 55.3 Å². The monoisotopic (exact) mass is 355 g/mol. The number of alkyl halides is 2. The molecule has 138 valence electrons. The summed E-state index contributed by atoms with van der Waals surface area (Å²) < 4.78 is 29.1. The van der Waals surface area contributed by atoms with E-state index in [0.717, 1.165) is 19.3 Å². The molecule has 0 bridgehead atoms. The molecule has 1 heterocycles. The molecule has 0 saturated heterocycles. The molecule has 1 aromatic rings. The van der Waals surface area contributed by atoms with Crippen molar-refractivity contribution in [2.45, 2.75) is 69.7 Å². The lowest BCUT2D eigenvalue weighted by atomic mass is 9.93. The number of rotatable bonds is 7. The van der Waals surface area contributed by atoms with Crippen LogP contribution in [0, 0.1) is 0 Å². The standard InChI is InChI=1S/C16H23F2N5O2/c17-15(18)25-11-6-4-10(5-7-11)22-16-20-8-12(13(19)24)14(23-16)21-9-2-1-3-9/h8-11,15H,1-7H2,(H2,19,24)(H2,20,21,22,23)/t10-,11-. The number of ether oxygens (including phenoxy) is 1. The summed E-state index contributed by atoms with van der Waals surface area (Å²) in [6, 6.07) is 0.399. The summed E-state index contributed by atoms with van der Waals surface area (Å²) in [6.07, 6.45) is 6.79. The molecule has 3 rings (SSSR count). The first kappa shape index (κ1) is 17.8. The van der Waals surface area contributed by atoms with Crippen molar-refractivity contribution in [1.82, 2.24) is 9.97 Å². The van der Waals surface area contributed by atoms with E-state index in [1.165, 1.54) is 6.20 Å². The first-order chi connectivity index (χ1) is 12.0. The van der Waals surface area contributed by atoms with Crippen LogP contribution in [0.15, 0.2) is 6.20 Å². The molecular formula is C16H23F2N5O2. The number of carbonyl (C=O) groups excluding carboxylic acids is 1. The molecule has 0 aliphatic heterocycles. The van der Waals surface area contributed by atoms with Crippen molar-refractivity contribution in [3.63, 3.8) is 0 Å². The average Bonchev–Trinajstić information content (AvgIpc) is 2.52. The zero-order chi connectivity index (χ0) is 17.8. The van der Waals surface area contributed by atoms with Gasteiger partial charge < -0.3 is 21.1 Å². The van der Waals surface area contributed by atoms with Crippen molar-refractivity contribution in [2.75, 3.05) is 10.6 Å². The number of carbonyl (C=O) groups is 1. The lowest BCUT2D eigenvalue weighted by Gasteiger charge is -2.29. The second-order valence-electron chi connectivity index (χ2n) is 6.61. The Hall–Kier alpha value is -2.03. The molecule has 9 heteroatoms. The molecule has 2 saturated carbocycles. The number of hydrogen-bond acceptors (Lipinski definition) is 6. The van der Waals surface area contributed by atoms with Crippen LogP contribution in [-0.2, 0) is 4.74 Å². The minimum absolute atomic E-state index is 0.0912. The van der Waals surface area contributed by atoms with Crippen molar-refractivity contribution in [1.29, 1.82) is 0 Å². The van der Waals surface area contributed by atoms with E-state index < -0.39 is 18.6 Å². The summed E-state index contributed by atoms with van der Waals surface area (Å²) in [6.45, 7) is -2.72. The van der Waals surface area contributed by atoms with Crippen LogP contribution < -0.4 is 16.4 Å². The van der Waals surface area contributed by atoms with Crippen LogP contribution >= 0.6 is 0 Å². The fourth-order valence-corrected chi connectivity index (χ4v) is 3.16. The predicted octanol–water partition coefficient (Wildman–Crippen LogP) is 2.50. The van der Waals surface area contributed by atoms with E-state index in [4.69, 9.17) is 5.73 Å². The molecule has 1 amide bonds. The molecule has 1 aromatic heterocycles. The highest BCUT2D eigenvalue weighted by molar-refractivity contribution is 5.97. The Labute approximate surface area is 144 Å². The molecular weight excluding hydrogens is 332 g/mol. The Kier molecular flexibility index (Phi) is 5.62. The third kappa shape index (κ3) is 4.75. The van der Waals surface area contributed by atoms with Gasteiger partial charge in [0.15, 0.2) is 0 Å². The van der Waals surface area contributed by atoms with Gasteiger partial charge in [-0.2, -0.15) is 13.8 Å². The summed E-state index contributed by atoms with van der Waals surface area (Å²) in [7, 11) is 0. The first-order valence-corrected chi connectivity index (χ1v) is 8.65. The van der Waals surface area contributed by atoms with Crippen molar-refractivity contribution in [3.05, 3.63) is 11.8 Å². The van der Waals surface area contributed by atoms with Gasteiger partial charge in [0.2, 0.25) is 5.95 Å². The van der Waals surface area contributed by atoms with Crippen LogP contribution in [0.3, 0.4) is 0 Å². The van der Waals surface area contributed by atoms with Crippen molar-refractivity contribution in [3.8, 4) is 0 Å². The third-order valence-corrected chi connectivity index (χ3v) is 4.80. The van der Waals surface area contributed by atoms with E-state index >= 15 is 0 Å². The maximum absolute atomic E-state index is 12.2. The number of nitrogens with one attached hydrogen (secondary N) is 2. The number of halogens is 2. The average molecular weight is 355 g/mol. The number of aromatic nitrogens is 2. The zero-order valence-corrected chi connectivity index (χ0v) is 13.9. The van der Waals surface area contributed by atoms with Crippen LogP contribution in [0.5, 0.6) is 0 Å². The Balaban J connectivity index is 1.60. The molecule has 7 nitrogen and oxygen atoms in total. The van der Waals surface area contributed by atoms with Gasteiger partial charge in [-0.05, 0) is 44.9 Å². The van der Waals surface area contributed by atoms with Crippen LogP contribution in [0.2, 0.25) is 0 Å². The fraction of sp³-hybridized carbons (Fsp3) is 0.688. The fourth-order valence-electron chi connectivity index (χ4n) is 3.16. The molecule has 0 unspecified atom stereocenters. The highest BCUT2D eigenvalue weighted by Gasteiger charge is 2.25. The van der Waals surface area contributed by atoms with E-state index in [9.17, 15) is 13.6 Å². The van der Waals surface area contributed by atoms with E-state index in [1.807, 2.05) is 0 Å². The molecule has 0 radical (unpaired) electrons. The number of nitrogens with two attached hydrogens (primary N) is 1. The smallest absolute Gasteiger partial charge is 0.345 e. The second-order valence-corrected chi connectivity index (χ2v) is 6.61. The summed E-state index contributed by atoms with van der Waals surface area (Å²) in [5.41, 5.74) is 5.65. The SMILES string of the molecule is NC(=O)c1cnc(N[C@H]2CC[C@H](OC(F)F)CC2)nc1NC1CCC1. The summed E-state index contributed by atoms with van der Waals surface area (Å²) in [5.74, 6) is 0.285. The zero-order valence-electron chi connectivity index (χ0n) is 13.9. The lowest BCUT2D eigenvalue weighted by molar-refractivity contribution is -0.169. The normalized spacial score (nSPS) is 24.0. The van der Waals surface area contributed by atoms with Crippen LogP contribution in [0.25, 0.3) is 0 Å². The summed E-state index contributed by atoms with van der Waals surface area (Å²) in [4.78, 5) is 20.1. The molecule has 25 heavy (non-hydrogen) atoms. The number of anilines is 2. The lowest BCUT2D eigenvalue weighted by Crippen LogP contribution is -2.32. The number of nitrogens with zero attached hydrogens (tertiary/aromatic N) is 2. The van der Waals surface area contributed by atoms with Gasteiger partial charge in [-0.1, -0.05) is 0 Å². The summed E-state index contributed by atoms with van der Waals surface area (Å²) in [5, 5.41) is 6.45. The van der Waals surface area contributed by atoms with Crippen molar-refractivity contribution >= 4 is 17.7 Å². The van der Waals surface area contributed by atoms with Gasteiger partial charge in [-0.25, -0.2) is 4.98 Å². The number of primary amides is 1. The Morgan fingerprint density at radius 2 is 1.84 bits per heavy atom. The van der Waals surface area contributed by atoms with Gasteiger partial charge in [0, 0.05) is 18.3 Å². The molecule has 0 aromatic carbocycles. The molecule has 2 aliphatic carbocycles. The molecule has 0 atom stereocenters. The van der Waals surface area contributed by atoms with Gasteiger partial charge >= 0.3 is 6.61 Å². The minimum atomic E-state index is -2.72. The number of amides is 1. The number of hydrogen-bond donors (Lipinski definition) is 3. The van der Waals surface area contributed by atoms with E-state index in [1.54, 1.807) is 0 Å². The molecule has 4 N–H and O–H groups in total. The predicted molar refractivity (Wildman–Crippen MR) is 88.6 cm³/mol. The molecule has 2 aliphatic rings. The Morgan fingerprint density at radius 1 is 1.16 bits per heavy atom. The third-order valence-electron chi connectivity index (χ3n) is 4.80. The van der Waals surface area contributed by atoms with Crippen molar-refractivity contribution < 1.29 is 18.3 Å². The minimum Gasteiger partial charge on any atom is -0.367 e. The van der Waals surface area contributed by atoms with Gasteiger partial charge in [0.25, 0.3) is 5.91 Å². The Morgan fingerprint density at radius 3 is 2.40 bits per heavy atom. The topological polar surface area (TPSA) is 102 Å². The quantitative estimate of drug-likeness (QED) is 0.694. The van der Waals surface area contributed by atoms with E-state index in [2.05, 4.69) is 25.3 Å². The van der Waals surface area contributed by atoms with Gasteiger partial charge in [0.05, 0.1) is 11.7 Å². The highest BCUT2D eigenvalue weighted by atomic mass is 19.3. The van der Waals surface area contributed by atoms with Crippen LogP contribution in [-0.4, -0.2) is 40.7 Å². The maximum Gasteiger partial charge on any atom is 0.345 e.